The molecule has 0 aliphatic heterocycles. The van der Waals surface area contributed by atoms with Gasteiger partial charge in [0.15, 0.2) is 0 Å². The van der Waals surface area contributed by atoms with Gasteiger partial charge in [0.2, 0.25) is 0 Å². The minimum Gasteiger partial charge on any atom is -0.329 e. The van der Waals surface area contributed by atoms with Crippen LogP contribution in [0.15, 0.2) is 18.2 Å². The van der Waals surface area contributed by atoms with Gasteiger partial charge in [-0.2, -0.15) is 11.8 Å². The van der Waals surface area contributed by atoms with E-state index in [-0.39, 0.29) is 11.9 Å². The maximum atomic E-state index is 13.7. The monoisotopic (exact) mass is 276 g/mol. The van der Waals surface area contributed by atoms with Crippen molar-refractivity contribution in [2.24, 2.45) is 5.73 Å². The summed E-state index contributed by atoms with van der Waals surface area (Å²) in [6, 6.07) is 4.48. The van der Waals surface area contributed by atoms with E-state index < -0.39 is 0 Å². The van der Waals surface area contributed by atoms with Crippen LogP contribution in [0, 0.1) is 5.82 Å². The summed E-state index contributed by atoms with van der Waals surface area (Å²) in [5.74, 6) is 0.746. The first kappa shape index (κ1) is 14.8. The third-order valence-corrected chi connectivity index (χ3v) is 3.55. The molecule has 96 valence electrons. The van der Waals surface area contributed by atoms with Gasteiger partial charge in [-0.05, 0) is 31.5 Å². The van der Waals surface area contributed by atoms with E-state index in [9.17, 15) is 4.39 Å². The number of nitrogens with zero attached hydrogens (tertiary/aromatic N) is 1. The second-order valence-corrected chi connectivity index (χ2v) is 5.31. The highest BCUT2D eigenvalue weighted by atomic mass is 35.5. The topological polar surface area (TPSA) is 29.3 Å². The Bertz CT molecular complexity index is 362. The van der Waals surface area contributed by atoms with Gasteiger partial charge in [-0.25, -0.2) is 4.39 Å². The van der Waals surface area contributed by atoms with E-state index in [0.29, 0.717) is 17.1 Å². The molecule has 0 radical (unpaired) electrons. The standard InChI is InChI=1S/C12H18ClFN2S/c1-16(5-6-17-2)12(8-15)10-7-9(13)3-4-11(10)14/h3-4,7,12H,5-6,8,15H2,1-2H3. The van der Waals surface area contributed by atoms with Crippen LogP contribution < -0.4 is 5.73 Å². The van der Waals surface area contributed by atoms with Crippen molar-refractivity contribution in [1.29, 1.82) is 0 Å². The molecule has 2 nitrogen and oxygen atoms in total. The fourth-order valence-corrected chi connectivity index (χ4v) is 2.36. The maximum Gasteiger partial charge on any atom is 0.128 e. The zero-order valence-corrected chi connectivity index (χ0v) is 11.7. The maximum absolute atomic E-state index is 13.7. The highest BCUT2D eigenvalue weighted by molar-refractivity contribution is 7.98. The van der Waals surface area contributed by atoms with Crippen LogP contribution in [0.25, 0.3) is 0 Å². The molecule has 17 heavy (non-hydrogen) atoms. The fraction of sp³-hybridized carbons (Fsp3) is 0.500. The van der Waals surface area contributed by atoms with Gasteiger partial charge >= 0.3 is 0 Å². The molecule has 2 N–H and O–H groups in total. The Morgan fingerprint density at radius 3 is 2.82 bits per heavy atom. The largest absolute Gasteiger partial charge is 0.329 e. The Labute approximate surface area is 111 Å². The van der Waals surface area contributed by atoms with Crippen molar-refractivity contribution in [3.63, 3.8) is 0 Å². The van der Waals surface area contributed by atoms with Gasteiger partial charge in [-0.1, -0.05) is 11.6 Å². The summed E-state index contributed by atoms with van der Waals surface area (Å²) in [7, 11) is 1.95. The molecular weight excluding hydrogens is 259 g/mol. The number of rotatable bonds is 6. The van der Waals surface area contributed by atoms with E-state index in [4.69, 9.17) is 17.3 Å². The average molecular weight is 277 g/mol. The minimum absolute atomic E-state index is 0.124. The molecule has 0 heterocycles. The predicted octanol–water partition coefficient (Wildman–Crippen LogP) is 2.77. The Morgan fingerprint density at radius 1 is 1.53 bits per heavy atom. The van der Waals surface area contributed by atoms with Gasteiger partial charge in [0, 0.05) is 35.5 Å². The number of hydrogen-bond acceptors (Lipinski definition) is 3. The van der Waals surface area contributed by atoms with Crippen molar-refractivity contribution in [2.45, 2.75) is 6.04 Å². The molecule has 1 aromatic carbocycles. The van der Waals surface area contributed by atoms with E-state index in [0.717, 1.165) is 12.3 Å². The number of benzene rings is 1. The van der Waals surface area contributed by atoms with Crippen molar-refractivity contribution in [2.75, 3.05) is 32.1 Å². The number of thioether (sulfide) groups is 1. The van der Waals surface area contributed by atoms with Crippen LogP contribution in [-0.4, -0.2) is 37.0 Å². The highest BCUT2D eigenvalue weighted by Gasteiger charge is 2.18. The van der Waals surface area contributed by atoms with Crippen LogP contribution in [0.2, 0.25) is 5.02 Å². The normalized spacial score (nSPS) is 13.1. The number of likely N-dealkylation sites (N-methyl/N-ethyl adjacent to an activating group) is 1. The van der Waals surface area contributed by atoms with Crippen molar-refractivity contribution in [3.05, 3.63) is 34.6 Å². The first-order valence-electron chi connectivity index (χ1n) is 5.44. The molecule has 0 amide bonds. The van der Waals surface area contributed by atoms with E-state index in [1.165, 1.54) is 6.07 Å². The van der Waals surface area contributed by atoms with E-state index in [2.05, 4.69) is 4.90 Å². The van der Waals surface area contributed by atoms with Crippen LogP contribution in [0.1, 0.15) is 11.6 Å². The van der Waals surface area contributed by atoms with Gasteiger partial charge in [0.25, 0.3) is 0 Å². The van der Waals surface area contributed by atoms with Crippen molar-refractivity contribution in [1.82, 2.24) is 4.90 Å². The zero-order chi connectivity index (χ0) is 12.8. The zero-order valence-electron chi connectivity index (χ0n) is 10.1. The van der Waals surface area contributed by atoms with Crippen LogP contribution in [-0.2, 0) is 0 Å². The van der Waals surface area contributed by atoms with Gasteiger partial charge < -0.3 is 5.73 Å². The first-order valence-corrected chi connectivity index (χ1v) is 7.21. The van der Waals surface area contributed by atoms with E-state index >= 15 is 0 Å². The molecule has 0 aromatic heterocycles. The summed E-state index contributed by atoms with van der Waals surface area (Å²) >= 11 is 7.65. The molecule has 0 aliphatic rings. The molecule has 0 saturated carbocycles. The number of hydrogen-bond donors (Lipinski definition) is 1. The van der Waals surface area contributed by atoms with Gasteiger partial charge in [0.1, 0.15) is 5.82 Å². The third kappa shape index (κ3) is 4.14. The molecular formula is C12H18ClFN2S. The second kappa shape index (κ2) is 7.21. The van der Waals surface area contributed by atoms with Gasteiger partial charge in [-0.3, -0.25) is 4.90 Å². The average Bonchev–Trinajstić information content (AvgIpc) is 2.32. The lowest BCUT2D eigenvalue weighted by molar-refractivity contribution is 0.260. The highest BCUT2D eigenvalue weighted by Crippen LogP contribution is 2.24. The molecule has 0 bridgehead atoms. The molecule has 1 rings (SSSR count). The second-order valence-electron chi connectivity index (χ2n) is 3.89. The number of halogens is 2. The third-order valence-electron chi connectivity index (χ3n) is 2.72. The summed E-state index contributed by atoms with van der Waals surface area (Å²) in [6.45, 7) is 1.25. The summed E-state index contributed by atoms with van der Waals surface area (Å²) in [4.78, 5) is 2.06. The Kier molecular flexibility index (Phi) is 6.27. The van der Waals surface area contributed by atoms with Gasteiger partial charge in [-0.15, -0.1) is 0 Å². The molecule has 1 atom stereocenters. The predicted molar refractivity (Wildman–Crippen MR) is 74.2 cm³/mol. The minimum atomic E-state index is -0.249. The van der Waals surface area contributed by atoms with Crippen LogP contribution in [0.3, 0.4) is 0 Å². The summed E-state index contributed by atoms with van der Waals surface area (Å²) in [5.41, 5.74) is 6.31. The molecule has 0 aliphatic carbocycles. The van der Waals surface area contributed by atoms with Crippen molar-refractivity contribution < 1.29 is 4.39 Å². The van der Waals surface area contributed by atoms with Crippen LogP contribution in [0.4, 0.5) is 4.39 Å². The Hall–Kier alpha value is -0.290. The molecule has 0 fully saturated rings. The summed E-state index contributed by atoms with van der Waals surface area (Å²) in [6.07, 6.45) is 2.05. The van der Waals surface area contributed by atoms with E-state index in [1.807, 2.05) is 13.3 Å². The lowest BCUT2D eigenvalue weighted by Gasteiger charge is -2.27. The molecule has 5 heteroatoms. The quantitative estimate of drug-likeness (QED) is 0.866. The molecule has 0 spiro atoms. The Balaban J connectivity index is 2.88. The summed E-state index contributed by atoms with van der Waals surface area (Å²) in [5, 5.41) is 0.540. The fourth-order valence-electron chi connectivity index (χ4n) is 1.71. The molecule has 1 unspecified atom stereocenters. The Morgan fingerprint density at radius 2 is 2.24 bits per heavy atom. The van der Waals surface area contributed by atoms with Crippen LogP contribution >= 0.6 is 23.4 Å². The van der Waals surface area contributed by atoms with Gasteiger partial charge in [0.05, 0.1) is 0 Å². The van der Waals surface area contributed by atoms with Crippen LogP contribution in [0.5, 0.6) is 0 Å². The SMILES string of the molecule is CSCCN(C)C(CN)c1cc(Cl)ccc1F. The molecule has 1 aromatic rings. The molecule has 0 saturated heterocycles. The lowest BCUT2D eigenvalue weighted by Crippen LogP contribution is -2.32. The summed E-state index contributed by atoms with van der Waals surface area (Å²) < 4.78 is 13.7. The smallest absolute Gasteiger partial charge is 0.128 e. The van der Waals surface area contributed by atoms with Crippen molar-refractivity contribution in [3.8, 4) is 0 Å². The first-order chi connectivity index (χ1) is 8.10. The van der Waals surface area contributed by atoms with Crippen molar-refractivity contribution >= 4 is 23.4 Å². The lowest BCUT2D eigenvalue weighted by atomic mass is 10.1. The number of nitrogens with two attached hydrogens (primary N) is 1. The van der Waals surface area contributed by atoms with E-state index in [1.54, 1.807) is 23.9 Å².